The van der Waals surface area contributed by atoms with Gasteiger partial charge in [-0.3, -0.25) is 4.79 Å². The van der Waals surface area contributed by atoms with Crippen molar-refractivity contribution in [3.05, 3.63) is 64.9 Å². The third-order valence-electron chi connectivity index (χ3n) is 4.09. The van der Waals surface area contributed by atoms with Crippen molar-refractivity contribution >= 4 is 45.2 Å². The van der Waals surface area contributed by atoms with E-state index in [4.69, 9.17) is 20.8 Å². The van der Waals surface area contributed by atoms with E-state index in [1.807, 2.05) is 31.2 Å². The van der Waals surface area contributed by atoms with Crippen molar-refractivity contribution in [2.24, 2.45) is 0 Å². The number of pyridine rings is 1. The van der Waals surface area contributed by atoms with Gasteiger partial charge in [0.15, 0.2) is 5.76 Å². The standard InChI is InChI=1S/C20H15ClN2O3/c1-11-3-4-12-8-13-9-18(26-20(13)23-16(12)7-11)19(24)22-14-5-6-17(25-2)15(21)10-14/h3-10H,1-2H3,(H,22,24). The molecule has 26 heavy (non-hydrogen) atoms. The fourth-order valence-corrected chi connectivity index (χ4v) is 3.04. The number of carbonyl (C=O) groups excluding carboxylic acids is 1. The van der Waals surface area contributed by atoms with E-state index in [0.717, 1.165) is 21.9 Å². The van der Waals surface area contributed by atoms with Gasteiger partial charge in [0.05, 0.1) is 17.6 Å². The Balaban J connectivity index is 1.66. The molecule has 0 fully saturated rings. The smallest absolute Gasteiger partial charge is 0.291 e. The molecular formula is C20H15ClN2O3. The summed E-state index contributed by atoms with van der Waals surface area (Å²) in [5, 5.41) is 4.95. The molecule has 0 saturated heterocycles. The molecular weight excluding hydrogens is 352 g/mol. The average Bonchev–Trinajstić information content (AvgIpc) is 3.03. The number of nitrogens with one attached hydrogen (secondary N) is 1. The van der Waals surface area contributed by atoms with Crippen LogP contribution in [-0.4, -0.2) is 18.0 Å². The molecule has 0 unspecified atom stereocenters. The maximum atomic E-state index is 12.5. The number of hydrogen-bond donors (Lipinski definition) is 1. The summed E-state index contributed by atoms with van der Waals surface area (Å²) < 4.78 is 10.7. The van der Waals surface area contributed by atoms with Crippen LogP contribution in [0.25, 0.3) is 22.0 Å². The Bertz CT molecular complexity index is 1150. The molecule has 0 atom stereocenters. The highest BCUT2D eigenvalue weighted by Crippen LogP contribution is 2.28. The number of amides is 1. The summed E-state index contributed by atoms with van der Waals surface area (Å²) in [6.45, 7) is 2.01. The van der Waals surface area contributed by atoms with Crippen molar-refractivity contribution in [1.29, 1.82) is 0 Å². The number of ether oxygens (including phenoxy) is 1. The number of nitrogens with zero attached hydrogens (tertiary/aromatic N) is 1. The lowest BCUT2D eigenvalue weighted by Crippen LogP contribution is -2.10. The van der Waals surface area contributed by atoms with Crippen LogP contribution in [0, 0.1) is 6.92 Å². The van der Waals surface area contributed by atoms with Crippen LogP contribution < -0.4 is 10.1 Å². The van der Waals surface area contributed by atoms with Gasteiger partial charge >= 0.3 is 0 Å². The molecule has 1 amide bonds. The lowest BCUT2D eigenvalue weighted by molar-refractivity contribution is 0.0998. The highest BCUT2D eigenvalue weighted by molar-refractivity contribution is 6.32. The van der Waals surface area contributed by atoms with Crippen LogP contribution in [0.15, 0.2) is 52.9 Å². The van der Waals surface area contributed by atoms with Crippen LogP contribution in [0.2, 0.25) is 5.02 Å². The quantitative estimate of drug-likeness (QED) is 0.541. The van der Waals surface area contributed by atoms with E-state index in [9.17, 15) is 4.79 Å². The Labute approximate surface area is 154 Å². The molecule has 130 valence electrons. The zero-order valence-electron chi connectivity index (χ0n) is 14.2. The van der Waals surface area contributed by atoms with Gasteiger partial charge in [-0.25, -0.2) is 4.98 Å². The number of methoxy groups -OCH3 is 1. The van der Waals surface area contributed by atoms with Gasteiger partial charge in [-0.1, -0.05) is 23.7 Å². The number of aromatic nitrogens is 1. The van der Waals surface area contributed by atoms with E-state index in [1.54, 1.807) is 24.3 Å². The van der Waals surface area contributed by atoms with Crippen molar-refractivity contribution in [3.63, 3.8) is 0 Å². The molecule has 5 nitrogen and oxygen atoms in total. The first-order chi connectivity index (χ1) is 12.5. The lowest BCUT2D eigenvalue weighted by Gasteiger charge is -2.06. The number of hydrogen-bond acceptors (Lipinski definition) is 4. The second-order valence-corrected chi connectivity index (χ2v) is 6.40. The number of rotatable bonds is 3. The Kier molecular flexibility index (Phi) is 4.01. The van der Waals surface area contributed by atoms with Crippen molar-refractivity contribution in [3.8, 4) is 5.75 Å². The van der Waals surface area contributed by atoms with Crippen LogP contribution in [0.5, 0.6) is 5.75 Å². The van der Waals surface area contributed by atoms with E-state index < -0.39 is 0 Å². The third kappa shape index (κ3) is 2.97. The minimum atomic E-state index is -0.371. The van der Waals surface area contributed by atoms with Crippen LogP contribution >= 0.6 is 11.6 Å². The number of fused-ring (bicyclic) bond motifs is 2. The summed E-state index contributed by atoms with van der Waals surface area (Å²) in [6.07, 6.45) is 0. The van der Waals surface area contributed by atoms with Crippen LogP contribution in [0.3, 0.4) is 0 Å². The van der Waals surface area contributed by atoms with Crippen molar-refractivity contribution in [1.82, 2.24) is 4.98 Å². The van der Waals surface area contributed by atoms with Crippen molar-refractivity contribution in [2.45, 2.75) is 6.92 Å². The van der Waals surface area contributed by atoms with E-state index in [1.165, 1.54) is 7.11 Å². The predicted molar refractivity (Wildman–Crippen MR) is 102 cm³/mol. The summed E-state index contributed by atoms with van der Waals surface area (Å²) in [5.74, 6) is 0.357. The van der Waals surface area contributed by atoms with Gasteiger partial charge in [0.2, 0.25) is 5.71 Å². The fourth-order valence-electron chi connectivity index (χ4n) is 2.78. The maximum Gasteiger partial charge on any atom is 0.291 e. The number of carbonyl (C=O) groups is 1. The number of furan rings is 1. The van der Waals surface area contributed by atoms with E-state index in [0.29, 0.717) is 22.2 Å². The van der Waals surface area contributed by atoms with Crippen LogP contribution in [-0.2, 0) is 0 Å². The molecule has 6 heteroatoms. The molecule has 0 aliphatic heterocycles. The molecule has 0 radical (unpaired) electrons. The van der Waals surface area contributed by atoms with Crippen molar-refractivity contribution in [2.75, 3.05) is 12.4 Å². The van der Waals surface area contributed by atoms with Gasteiger partial charge in [-0.05, 0) is 48.9 Å². The Morgan fingerprint density at radius 2 is 1.96 bits per heavy atom. The van der Waals surface area contributed by atoms with E-state index in [-0.39, 0.29) is 11.7 Å². The zero-order chi connectivity index (χ0) is 18.3. The second-order valence-electron chi connectivity index (χ2n) is 5.99. The predicted octanol–water partition coefficient (Wildman–Crippen LogP) is 5.20. The second kappa shape index (κ2) is 6.35. The number of anilines is 1. The SMILES string of the molecule is COc1ccc(NC(=O)c2cc3cc4ccc(C)cc4nc3o2)cc1Cl. The molecule has 0 saturated carbocycles. The summed E-state index contributed by atoms with van der Waals surface area (Å²) in [4.78, 5) is 17.0. The summed E-state index contributed by atoms with van der Waals surface area (Å²) in [6, 6.07) is 14.7. The zero-order valence-corrected chi connectivity index (χ0v) is 14.9. The highest BCUT2D eigenvalue weighted by Gasteiger charge is 2.15. The molecule has 2 aromatic carbocycles. The van der Waals surface area contributed by atoms with Gasteiger partial charge in [-0.2, -0.15) is 0 Å². The first kappa shape index (κ1) is 16.4. The third-order valence-corrected chi connectivity index (χ3v) is 4.39. The van der Waals surface area contributed by atoms with E-state index in [2.05, 4.69) is 10.3 Å². The minimum Gasteiger partial charge on any atom is -0.495 e. The largest absolute Gasteiger partial charge is 0.495 e. The molecule has 2 heterocycles. The fraction of sp³-hybridized carbons (Fsp3) is 0.100. The first-order valence-electron chi connectivity index (χ1n) is 7.99. The molecule has 1 N–H and O–H groups in total. The Hall–Kier alpha value is -3.05. The highest BCUT2D eigenvalue weighted by atomic mass is 35.5. The maximum absolute atomic E-state index is 12.5. The summed E-state index contributed by atoms with van der Waals surface area (Å²) in [7, 11) is 1.53. The molecule has 0 aliphatic rings. The van der Waals surface area contributed by atoms with Crippen LogP contribution in [0.4, 0.5) is 5.69 Å². The Morgan fingerprint density at radius 3 is 2.73 bits per heavy atom. The van der Waals surface area contributed by atoms with Crippen molar-refractivity contribution < 1.29 is 13.9 Å². The van der Waals surface area contributed by atoms with Gasteiger partial charge in [0, 0.05) is 16.5 Å². The molecule has 0 spiro atoms. The minimum absolute atomic E-state index is 0.187. The molecule has 2 aromatic heterocycles. The topological polar surface area (TPSA) is 64.4 Å². The lowest BCUT2D eigenvalue weighted by atomic mass is 10.1. The van der Waals surface area contributed by atoms with Gasteiger partial charge in [0.25, 0.3) is 5.91 Å². The van der Waals surface area contributed by atoms with Gasteiger partial charge in [-0.15, -0.1) is 0 Å². The van der Waals surface area contributed by atoms with Crippen LogP contribution in [0.1, 0.15) is 16.1 Å². The number of benzene rings is 2. The normalized spacial score (nSPS) is 11.0. The average molecular weight is 367 g/mol. The summed E-state index contributed by atoms with van der Waals surface area (Å²) >= 11 is 6.09. The molecule has 4 aromatic rings. The summed E-state index contributed by atoms with van der Waals surface area (Å²) in [5.41, 5.74) is 2.93. The number of halogens is 1. The number of aryl methyl sites for hydroxylation is 1. The molecule has 0 bridgehead atoms. The van der Waals surface area contributed by atoms with Gasteiger partial charge in [0.1, 0.15) is 5.75 Å². The first-order valence-corrected chi connectivity index (χ1v) is 8.37. The molecule has 4 rings (SSSR count). The molecule has 0 aliphatic carbocycles. The monoisotopic (exact) mass is 366 g/mol. The Morgan fingerprint density at radius 1 is 1.12 bits per heavy atom. The van der Waals surface area contributed by atoms with E-state index >= 15 is 0 Å². The van der Waals surface area contributed by atoms with Gasteiger partial charge < -0.3 is 14.5 Å².